The van der Waals surface area contributed by atoms with E-state index in [9.17, 15) is 0 Å². The van der Waals surface area contributed by atoms with E-state index in [2.05, 4.69) is 74.6 Å². The van der Waals surface area contributed by atoms with Gasteiger partial charge < -0.3 is 9.73 Å². The van der Waals surface area contributed by atoms with E-state index in [1.165, 1.54) is 11.1 Å². The zero-order chi connectivity index (χ0) is 14.9. The first kappa shape index (κ1) is 13.9. The van der Waals surface area contributed by atoms with E-state index in [1.807, 2.05) is 6.07 Å². The molecule has 0 atom stereocenters. The van der Waals surface area contributed by atoms with Crippen molar-refractivity contribution < 1.29 is 4.42 Å². The fourth-order valence-electron chi connectivity index (χ4n) is 2.35. The third kappa shape index (κ3) is 3.34. The summed E-state index contributed by atoms with van der Waals surface area (Å²) < 4.78 is 5.89. The van der Waals surface area contributed by atoms with Crippen LogP contribution in [-0.4, -0.2) is 5.54 Å². The van der Waals surface area contributed by atoms with Gasteiger partial charge in [-0.2, -0.15) is 0 Å². The highest BCUT2D eigenvalue weighted by Gasteiger charge is 2.11. The lowest BCUT2D eigenvalue weighted by molar-refractivity contribution is 0.395. The summed E-state index contributed by atoms with van der Waals surface area (Å²) in [6.45, 7) is 7.22. The van der Waals surface area contributed by atoms with Crippen molar-refractivity contribution in [2.24, 2.45) is 0 Å². The molecule has 0 radical (unpaired) electrons. The molecule has 0 saturated carbocycles. The summed E-state index contributed by atoms with van der Waals surface area (Å²) in [5.41, 5.74) is 3.49. The zero-order valence-corrected chi connectivity index (χ0v) is 12.8. The van der Waals surface area contributed by atoms with Crippen LogP contribution < -0.4 is 5.32 Å². The Morgan fingerprint density at radius 1 is 0.905 bits per heavy atom. The van der Waals surface area contributed by atoms with Gasteiger partial charge in [-0.25, -0.2) is 0 Å². The van der Waals surface area contributed by atoms with Gasteiger partial charge in [0.15, 0.2) is 0 Å². The molecule has 21 heavy (non-hydrogen) atoms. The molecule has 1 aromatic heterocycles. The standard InChI is InChI=1S/C19H21NO/c1-19(2,3)20-13-17-12-16-11-15(9-10-18(16)21-17)14-7-5-4-6-8-14/h4-12,20H,13H2,1-3H3. The number of hydrogen-bond acceptors (Lipinski definition) is 2. The van der Waals surface area contributed by atoms with Gasteiger partial charge in [0.25, 0.3) is 0 Å². The summed E-state index contributed by atoms with van der Waals surface area (Å²) in [4.78, 5) is 0. The molecule has 1 heterocycles. The van der Waals surface area contributed by atoms with Crippen LogP contribution in [0.2, 0.25) is 0 Å². The third-order valence-corrected chi connectivity index (χ3v) is 3.47. The zero-order valence-electron chi connectivity index (χ0n) is 12.8. The third-order valence-electron chi connectivity index (χ3n) is 3.47. The molecular formula is C19H21NO. The van der Waals surface area contributed by atoms with Crippen LogP contribution in [0.1, 0.15) is 26.5 Å². The van der Waals surface area contributed by atoms with Crippen LogP contribution in [0.25, 0.3) is 22.1 Å². The summed E-state index contributed by atoms with van der Waals surface area (Å²) in [6.07, 6.45) is 0. The lowest BCUT2D eigenvalue weighted by atomic mass is 10.0. The van der Waals surface area contributed by atoms with Crippen LogP contribution in [0.15, 0.2) is 59.0 Å². The number of nitrogens with one attached hydrogen (secondary N) is 1. The fourth-order valence-corrected chi connectivity index (χ4v) is 2.35. The van der Waals surface area contributed by atoms with Crippen molar-refractivity contribution in [2.75, 3.05) is 0 Å². The molecule has 108 valence electrons. The van der Waals surface area contributed by atoms with Crippen molar-refractivity contribution in [3.8, 4) is 11.1 Å². The maximum Gasteiger partial charge on any atom is 0.134 e. The van der Waals surface area contributed by atoms with Gasteiger partial charge in [0.2, 0.25) is 0 Å². The first-order valence-electron chi connectivity index (χ1n) is 7.34. The minimum Gasteiger partial charge on any atom is -0.460 e. The largest absolute Gasteiger partial charge is 0.460 e. The van der Waals surface area contributed by atoms with Gasteiger partial charge in [-0.05, 0) is 50.1 Å². The van der Waals surface area contributed by atoms with E-state index in [1.54, 1.807) is 0 Å². The van der Waals surface area contributed by atoms with Crippen molar-refractivity contribution in [3.05, 3.63) is 60.4 Å². The van der Waals surface area contributed by atoms with E-state index in [4.69, 9.17) is 4.42 Å². The SMILES string of the molecule is CC(C)(C)NCc1cc2cc(-c3ccccc3)ccc2o1. The van der Waals surface area contributed by atoms with Gasteiger partial charge in [0, 0.05) is 10.9 Å². The Kier molecular flexibility index (Phi) is 3.56. The Morgan fingerprint density at radius 3 is 2.38 bits per heavy atom. The van der Waals surface area contributed by atoms with Crippen LogP contribution in [0.3, 0.4) is 0 Å². The second kappa shape index (κ2) is 5.38. The lowest BCUT2D eigenvalue weighted by Crippen LogP contribution is -2.34. The maximum atomic E-state index is 5.89. The molecule has 0 unspecified atom stereocenters. The average molecular weight is 279 g/mol. The molecule has 0 amide bonds. The molecule has 2 heteroatoms. The van der Waals surface area contributed by atoms with Crippen LogP contribution >= 0.6 is 0 Å². The molecule has 0 saturated heterocycles. The minimum atomic E-state index is 0.0914. The highest BCUT2D eigenvalue weighted by Crippen LogP contribution is 2.26. The van der Waals surface area contributed by atoms with Crippen LogP contribution in [0.5, 0.6) is 0 Å². The van der Waals surface area contributed by atoms with Gasteiger partial charge >= 0.3 is 0 Å². The van der Waals surface area contributed by atoms with Crippen LogP contribution in [0, 0.1) is 0 Å². The average Bonchev–Trinajstić information content (AvgIpc) is 2.87. The number of benzene rings is 2. The summed E-state index contributed by atoms with van der Waals surface area (Å²) >= 11 is 0. The topological polar surface area (TPSA) is 25.2 Å². The molecule has 0 bridgehead atoms. The van der Waals surface area contributed by atoms with E-state index in [-0.39, 0.29) is 5.54 Å². The highest BCUT2D eigenvalue weighted by atomic mass is 16.3. The lowest BCUT2D eigenvalue weighted by Gasteiger charge is -2.19. The van der Waals surface area contributed by atoms with Gasteiger partial charge in [-0.3, -0.25) is 0 Å². The monoisotopic (exact) mass is 279 g/mol. The first-order chi connectivity index (χ1) is 10.0. The summed E-state index contributed by atoms with van der Waals surface area (Å²) in [6, 6.07) is 18.9. The Bertz CT molecular complexity index is 735. The predicted molar refractivity (Wildman–Crippen MR) is 88.2 cm³/mol. The molecule has 2 nitrogen and oxygen atoms in total. The Labute approximate surface area is 125 Å². The number of fused-ring (bicyclic) bond motifs is 1. The van der Waals surface area contributed by atoms with E-state index in [0.717, 1.165) is 23.3 Å². The molecule has 0 aliphatic heterocycles. The molecule has 0 aliphatic carbocycles. The van der Waals surface area contributed by atoms with Crippen molar-refractivity contribution in [3.63, 3.8) is 0 Å². The Morgan fingerprint density at radius 2 is 1.67 bits per heavy atom. The highest BCUT2D eigenvalue weighted by molar-refractivity contribution is 5.84. The Balaban J connectivity index is 1.89. The molecule has 0 spiro atoms. The molecule has 3 aromatic rings. The molecule has 0 aliphatic rings. The Hall–Kier alpha value is -2.06. The smallest absolute Gasteiger partial charge is 0.134 e. The number of furan rings is 1. The normalized spacial score (nSPS) is 12.0. The minimum absolute atomic E-state index is 0.0914. The molecular weight excluding hydrogens is 258 g/mol. The van der Waals surface area contributed by atoms with E-state index < -0.39 is 0 Å². The van der Waals surface area contributed by atoms with Gasteiger partial charge in [0.05, 0.1) is 6.54 Å². The number of hydrogen-bond donors (Lipinski definition) is 1. The molecule has 2 aromatic carbocycles. The molecule has 3 rings (SSSR count). The summed E-state index contributed by atoms with van der Waals surface area (Å²) in [5.74, 6) is 0.977. The van der Waals surface area contributed by atoms with Crippen LogP contribution in [-0.2, 0) is 6.54 Å². The van der Waals surface area contributed by atoms with Gasteiger partial charge in [0.1, 0.15) is 11.3 Å². The maximum absolute atomic E-state index is 5.89. The molecule has 1 N–H and O–H groups in total. The fraction of sp³-hybridized carbons (Fsp3) is 0.263. The van der Waals surface area contributed by atoms with E-state index >= 15 is 0 Å². The predicted octanol–water partition coefficient (Wildman–Crippen LogP) is 4.99. The molecule has 0 fully saturated rings. The summed E-state index contributed by atoms with van der Waals surface area (Å²) in [5, 5.41) is 4.61. The number of rotatable bonds is 3. The van der Waals surface area contributed by atoms with Crippen molar-refractivity contribution in [1.82, 2.24) is 5.32 Å². The summed E-state index contributed by atoms with van der Waals surface area (Å²) in [7, 11) is 0. The van der Waals surface area contributed by atoms with Gasteiger partial charge in [-0.15, -0.1) is 0 Å². The van der Waals surface area contributed by atoms with Crippen molar-refractivity contribution >= 4 is 11.0 Å². The van der Waals surface area contributed by atoms with Gasteiger partial charge in [-0.1, -0.05) is 36.4 Å². The second-order valence-electron chi connectivity index (χ2n) is 6.43. The second-order valence-corrected chi connectivity index (χ2v) is 6.43. The first-order valence-corrected chi connectivity index (χ1v) is 7.34. The van der Waals surface area contributed by atoms with Crippen molar-refractivity contribution in [1.29, 1.82) is 0 Å². The van der Waals surface area contributed by atoms with Crippen LogP contribution in [0.4, 0.5) is 0 Å². The van der Waals surface area contributed by atoms with Crippen molar-refractivity contribution in [2.45, 2.75) is 32.9 Å². The quantitative estimate of drug-likeness (QED) is 0.730. The van der Waals surface area contributed by atoms with E-state index in [0.29, 0.717) is 0 Å².